The van der Waals surface area contributed by atoms with Crippen LogP contribution in [0.2, 0.25) is 0 Å². The van der Waals surface area contributed by atoms with Gasteiger partial charge in [0.2, 0.25) is 5.91 Å². The highest BCUT2D eigenvalue weighted by atomic mass is 16.5. The van der Waals surface area contributed by atoms with E-state index in [1.54, 1.807) is 0 Å². The van der Waals surface area contributed by atoms with Crippen molar-refractivity contribution in [2.75, 3.05) is 75.8 Å². The third-order valence-electron chi connectivity index (χ3n) is 6.90. The van der Waals surface area contributed by atoms with Gasteiger partial charge in [0, 0.05) is 76.7 Å². The fourth-order valence-electron chi connectivity index (χ4n) is 4.89. The third kappa shape index (κ3) is 8.28. The molecular weight excluding hydrogens is 466 g/mol. The van der Waals surface area contributed by atoms with Gasteiger partial charge in [-0.25, -0.2) is 0 Å². The fourth-order valence-corrected chi connectivity index (χ4v) is 4.89. The van der Waals surface area contributed by atoms with E-state index in [-0.39, 0.29) is 17.7 Å². The predicted molar refractivity (Wildman–Crippen MR) is 148 cm³/mol. The first kappa shape index (κ1) is 27.1. The number of rotatable bonds is 10. The number of benzene rings is 2. The van der Waals surface area contributed by atoms with E-state index >= 15 is 0 Å². The molecule has 2 fully saturated rings. The highest BCUT2D eigenvalue weighted by Gasteiger charge is 2.23. The fraction of sp³-hybridized carbons (Fsp3) is 0.517. The molecule has 0 aromatic heterocycles. The van der Waals surface area contributed by atoms with E-state index in [1.165, 1.54) is 5.56 Å². The van der Waals surface area contributed by atoms with Gasteiger partial charge in [-0.15, -0.1) is 0 Å². The van der Waals surface area contributed by atoms with Crippen LogP contribution in [0.3, 0.4) is 0 Å². The molecule has 0 radical (unpaired) electrons. The minimum absolute atomic E-state index is 0.0315. The Morgan fingerprint density at radius 3 is 2.35 bits per heavy atom. The Bertz CT molecular complexity index is 1020. The molecule has 8 heteroatoms. The summed E-state index contributed by atoms with van der Waals surface area (Å²) < 4.78 is 5.42. The molecule has 0 aliphatic carbocycles. The van der Waals surface area contributed by atoms with E-state index in [4.69, 9.17) is 4.74 Å². The Morgan fingerprint density at radius 1 is 0.919 bits per heavy atom. The summed E-state index contributed by atoms with van der Waals surface area (Å²) in [6.07, 6.45) is 0.451. The van der Waals surface area contributed by atoms with E-state index < -0.39 is 0 Å². The van der Waals surface area contributed by atoms with Crippen molar-refractivity contribution in [1.29, 1.82) is 0 Å². The van der Waals surface area contributed by atoms with Gasteiger partial charge in [0.1, 0.15) is 0 Å². The smallest absolute Gasteiger partial charge is 0.253 e. The lowest BCUT2D eigenvalue weighted by Gasteiger charge is -2.37. The van der Waals surface area contributed by atoms with E-state index in [1.807, 2.05) is 38.1 Å². The molecule has 2 heterocycles. The van der Waals surface area contributed by atoms with E-state index in [0.29, 0.717) is 24.2 Å². The monoisotopic (exact) mass is 507 g/mol. The summed E-state index contributed by atoms with van der Waals surface area (Å²) in [4.78, 5) is 32.8. The summed E-state index contributed by atoms with van der Waals surface area (Å²) in [5.74, 6) is 0.139. The number of piperazine rings is 1. The van der Waals surface area contributed by atoms with Crippen molar-refractivity contribution in [3.05, 3.63) is 59.7 Å². The summed E-state index contributed by atoms with van der Waals surface area (Å²) in [6, 6.07) is 16.3. The van der Waals surface area contributed by atoms with Crippen LogP contribution in [0, 0.1) is 5.92 Å². The van der Waals surface area contributed by atoms with E-state index in [9.17, 15) is 9.59 Å². The van der Waals surface area contributed by atoms with Crippen molar-refractivity contribution in [2.45, 2.75) is 26.8 Å². The second kappa shape index (κ2) is 13.6. The third-order valence-corrected chi connectivity index (χ3v) is 6.90. The number of hydrogen-bond acceptors (Lipinski definition) is 6. The van der Waals surface area contributed by atoms with Crippen molar-refractivity contribution in [1.82, 2.24) is 15.1 Å². The molecule has 2 aliphatic rings. The zero-order chi connectivity index (χ0) is 26.0. The Labute approximate surface area is 220 Å². The number of carbonyl (C=O) groups is 2. The molecule has 4 rings (SSSR count). The SMILES string of the molecule is CC(C)CC(=O)Nc1ccc(N2CCN(Cc3ccccc3)CC2)c(C(=O)NCCN2CCOCC2)c1. The molecule has 0 spiro atoms. The van der Waals surface area contributed by atoms with Crippen LogP contribution >= 0.6 is 0 Å². The summed E-state index contributed by atoms with van der Waals surface area (Å²) in [7, 11) is 0. The van der Waals surface area contributed by atoms with Gasteiger partial charge in [0.05, 0.1) is 18.8 Å². The molecule has 0 atom stereocenters. The number of morpholine rings is 1. The van der Waals surface area contributed by atoms with E-state index in [0.717, 1.165) is 71.3 Å². The van der Waals surface area contributed by atoms with Crippen LogP contribution in [0.5, 0.6) is 0 Å². The van der Waals surface area contributed by atoms with Crippen molar-refractivity contribution < 1.29 is 14.3 Å². The summed E-state index contributed by atoms with van der Waals surface area (Å²) >= 11 is 0. The van der Waals surface area contributed by atoms with Crippen LogP contribution in [0.4, 0.5) is 11.4 Å². The van der Waals surface area contributed by atoms with Crippen LogP contribution < -0.4 is 15.5 Å². The topological polar surface area (TPSA) is 77.2 Å². The molecule has 2 saturated heterocycles. The second-order valence-corrected chi connectivity index (χ2v) is 10.3. The molecule has 2 N–H and O–H groups in total. The molecule has 0 saturated carbocycles. The molecule has 8 nitrogen and oxygen atoms in total. The maximum absolute atomic E-state index is 13.4. The van der Waals surface area contributed by atoms with Gasteiger partial charge in [0.15, 0.2) is 0 Å². The molecule has 2 amide bonds. The van der Waals surface area contributed by atoms with Crippen molar-refractivity contribution in [3.63, 3.8) is 0 Å². The highest BCUT2D eigenvalue weighted by Crippen LogP contribution is 2.26. The first-order valence-corrected chi connectivity index (χ1v) is 13.5. The Hall–Kier alpha value is -2.94. The van der Waals surface area contributed by atoms with Crippen LogP contribution in [-0.2, 0) is 16.1 Å². The highest BCUT2D eigenvalue weighted by molar-refractivity contribution is 6.02. The van der Waals surface area contributed by atoms with Crippen molar-refractivity contribution in [2.24, 2.45) is 5.92 Å². The quantitative estimate of drug-likeness (QED) is 0.515. The lowest BCUT2D eigenvalue weighted by atomic mass is 10.1. The normalized spacial score (nSPS) is 17.1. The van der Waals surface area contributed by atoms with Gasteiger partial charge in [-0.3, -0.25) is 19.4 Å². The van der Waals surface area contributed by atoms with Crippen LogP contribution in [0.25, 0.3) is 0 Å². The maximum atomic E-state index is 13.4. The first-order valence-electron chi connectivity index (χ1n) is 13.5. The average molecular weight is 508 g/mol. The molecule has 2 aliphatic heterocycles. The van der Waals surface area contributed by atoms with Gasteiger partial charge in [-0.1, -0.05) is 44.2 Å². The molecule has 200 valence electrons. The lowest BCUT2D eigenvalue weighted by Crippen LogP contribution is -2.46. The second-order valence-electron chi connectivity index (χ2n) is 10.3. The van der Waals surface area contributed by atoms with Gasteiger partial charge in [-0.05, 0) is 29.7 Å². The van der Waals surface area contributed by atoms with Crippen molar-refractivity contribution in [3.8, 4) is 0 Å². The number of ether oxygens (including phenoxy) is 1. The summed E-state index contributed by atoms with van der Waals surface area (Å²) in [6.45, 7) is 13.2. The van der Waals surface area contributed by atoms with Gasteiger partial charge in [0.25, 0.3) is 5.91 Å². The number of nitrogens with one attached hydrogen (secondary N) is 2. The first-order chi connectivity index (χ1) is 18.0. The van der Waals surface area contributed by atoms with Gasteiger partial charge < -0.3 is 20.3 Å². The Morgan fingerprint density at radius 2 is 1.65 bits per heavy atom. The summed E-state index contributed by atoms with van der Waals surface area (Å²) in [5.41, 5.74) is 3.51. The Kier molecular flexibility index (Phi) is 9.93. The molecule has 37 heavy (non-hydrogen) atoms. The largest absolute Gasteiger partial charge is 0.379 e. The lowest BCUT2D eigenvalue weighted by molar-refractivity contribution is -0.116. The van der Waals surface area contributed by atoms with E-state index in [2.05, 4.69) is 49.6 Å². The number of amides is 2. The average Bonchev–Trinajstić information content (AvgIpc) is 2.90. The zero-order valence-electron chi connectivity index (χ0n) is 22.2. The molecular formula is C29H41N5O3. The maximum Gasteiger partial charge on any atom is 0.253 e. The zero-order valence-corrected chi connectivity index (χ0v) is 22.2. The number of hydrogen-bond donors (Lipinski definition) is 2. The number of carbonyl (C=O) groups excluding carboxylic acids is 2. The summed E-state index contributed by atoms with van der Waals surface area (Å²) in [5, 5.41) is 6.08. The molecule has 0 unspecified atom stereocenters. The van der Waals surface area contributed by atoms with Crippen molar-refractivity contribution >= 4 is 23.2 Å². The molecule has 2 aromatic rings. The van der Waals surface area contributed by atoms with Gasteiger partial charge >= 0.3 is 0 Å². The predicted octanol–water partition coefficient (Wildman–Crippen LogP) is 3.06. The standard InChI is InChI=1S/C29H41N5O3/c1-23(2)20-28(35)31-25-8-9-27(26(21-25)29(36)30-10-11-32-16-18-37-19-17-32)34-14-12-33(13-15-34)22-24-6-4-3-5-7-24/h3-9,21,23H,10-20,22H2,1-2H3,(H,30,36)(H,31,35). The minimum Gasteiger partial charge on any atom is -0.379 e. The van der Waals surface area contributed by atoms with Crippen LogP contribution in [0.1, 0.15) is 36.2 Å². The van der Waals surface area contributed by atoms with Crippen LogP contribution in [-0.4, -0.2) is 87.2 Å². The molecule has 0 bridgehead atoms. The van der Waals surface area contributed by atoms with Gasteiger partial charge in [-0.2, -0.15) is 0 Å². The number of anilines is 2. The minimum atomic E-state index is -0.102. The number of nitrogens with zero attached hydrogens (tertiary/aromatic N) is 3. The molecule has 2 aromatic carbocycles. The Balaban J connectivity index is 1.42. The van der Waals surface area contributed by atoms with Crippen LogP contribution in [0.15, 0.2) is 48.5 Å².